The number of hydrogen-bond acceptors (Lipinski definition) is 2. The predicted octanol–water partition coefficient (Wildman–Crippen LogP) is -0.773. The van der Waals surface area contributed by atoms with Crippen LogP contribution in [0.2, 0.25) is 0 Å². The van der Waals surface area contributed by atoms with Gasteiger partial charge in [-0.1, -0.05) is 15.9 Å². The lowest BCUT2D eigenvalue weighted by Gasteiger charge is -1.96. The number of primary amides is 1. The number of nitrogens with two attached hydrogens (primary N) is 1. The Hall–Kier alpha value is -0.0900. The van der Waals surface area contributed by atoms with Crippen LogP contribution in [0.15, 0.2) is 0 Å². The number of carbonyl (C=O) groups is 1. The Morgan fingerprint density at radius 1 is 2.00 bits per heavy atom. The third-order valence-corrected chi connectivity index (χ3v) is 1.09. The van der Waals surface area contributed by atoms with Crippen molar-refractivity contribution in [2.75, 3.05) is 5.33 Å². The standard InChI is InChI=1S/C3H6BrNO2/c4-1-2(6)3(5)7/h2,6H,1H2,(H2,5,7)/t2-/m1/s1. The van der Waals surface area contributed by atoms with Gasteiger partial charge in [-0.3, -0.25) is 4.79 Å². The lowest BCUT2D eigenvalue weighted by Crippen LogP contribution is -2.29. The second-order valence-electron chi connectivity index (χ2n) is 1.07. The van der Waals surface area contributed by atoms with Crippen molar-refractivity contribution in [3.05, 3.63) is 0 Å². The van der Waals surface area contributed by atoms with E-state index in [0.717, 1.165) is 0 Å². The highest BCUT2D eigenvalue weighted by Crippen LogP contribution is 1.86. The fraction of sp³-hybridized carbons (Fsp3) is 0.667. The number of aliphatic hydroxyl groups excluding tert-OH is 1. The van der Waals surface area contributed by atoms with E-state index in [0.29, 0.717) is 0 Å². The molecule has 0 saturated carbocycles. The van der Waals surface area contributed by atoms with Crippen molar-refractivity contribution in [3.8, 4) is 0 Å². The molecule has 0 aromatic rings. The highest BCUT2D eigenvalue weighted by Gasteiger charge is 2.05. The smallest absolute Gasteiger partial charge is 0.247 e. The van der Waals surface area contributed by atoms with Crippen LogP contribution in [0.5, 0.6) is 0 Å². The molecule has 0 radical (unpaired) electrons. The van der Waals surface area contributed by atoms with Crippen LogP contribution >= 0.6 is 15.9 Å². The quantitative estimate of drug-likeness (QED) is 0.531. The van der Waals surface area contributed by atoms with Gasteiger partial charge in [-0.25, -0.2) is 0 Å². The van der Waals surface area contributed by atoms with E-state index in [-0.39, 0.29) is 5.33 Å². The molecule has 0 aliphatic heterocycles. The van der Waals surface area contributed by atoms with Gasteiger partial charge in [-0.05, 0) is 0 Å². The molecule has 0 saturated heterocycles. The van der Waals surface area contributed by atoms with Gasteiger partial charge in [0.2, 0.25) is 5.91 Å². The van der Waals surface area contributed by atoms with Gasteiger partial charge in [-0.15, -0.1) is 0 Å². The first-order chi connectivity index (χ1) is 3.18. The van der Waals surface area contributed by atoms with Gasteiger partial charge in [0, 0.05) is 5.33 Å². The second-order valence-corrected chi connectivity index (χ2v) is 1.72. The Kier molecular flexibility index (Phi) is 2.95. The summed E-state index contributed by atoms with van der Waals surface area (Å²) in [4.78, 5) is 9.87. The van der Waals surface area contributed by atoms with Crippen molar-refractivity contribution >= 4 is 21.8 Å². The third kappa shape index (κ3) is 2.59. The molecule has 0 unspecified atom stereocenters. The van der Waals surface area contributed by atoms with Gasteiger partial charge in [0.1, 0.15) is 6.10 Å². The molecule has 3 N–H and O–H groups in total. The second kappa shape index (κ2) is 2.98. The summed E-state index contributed by atoms with van der Waals surface area (Å²) in [6.45, 7) is 0. The SMILES string of the molecule is NC(=O)[C@H](O)CBr. The molecule has 0 fully saturated rings. The van der Waals surface area contributed by atoms with Crippen LogP contribution in [0, 0.1) is 0 Å². The van der Waals surface area contributed by atoms with Crippen LogP contribution in [0.1, 0.15) is 0 Å². The summed E-state index contributed by atoms with van der Waals surface area (Å²) in [5.74, 6) is -0.697. The number of halogens is 1. The summed E-state index contributed by atoms with van der Waals surface area (Å²) in [6, 6.07) is 0. The molecule has 1 atom stereocenters. The molecule has 0 spiro atoms. The molecular weight excluding hydrogens is 162 g/mol. The minimum atomic E-state index is -1.04. The number of carbonyl (C=O) groups excluding carboxylic acids is 1. The van der Waals surface area contributed by atoms with Gasteiger partial charge in [0.05, 0.1) is 0 Å². The molecule has 1 amide bonds. The van der Waals surface area contributed by atoms with Crippen LogP contribution < -0.4 is 5.73 Å². The summed E-state index contributed by atoms with van der Waals surface area (Å²) < 4.78 is 0. The Labute approximate surface area is 49.6 Å². The van der Waals surface area contributed by atoms with Crippen molar-refractivity contribution in [1.29, 1.82) is 0 Å². The van der Waals surface area contributed by atoms with E-state index < -0.39 is 12.0 Å². The van der Waals surface area contributed by atoms with Crippen LogP contribution in [-0.4, -0.2) is 22.4 Å². The molecule has 0 aromatic heterocycles. The number of amides is 1. The minimum Gasteiger partial charge on any atom is -0.382 e. The van der Waals surface area contributed by atoms with Gasteiger partial charge < -0.3 is 10.8 Å². The van der Waals surface area contributed by atoms with E-state index in [2.05, 4.69) is 21.7 Å². The van der Waals surface area contributed by atoms with Crippen molar-refractivity contribution < 1.29 is 9.90 Å². The van der Waals surface area contributed by atoms with Gasteiger partial charge in [0.15, 0.2) is 0 Å². The minimum absolute atomic E-state index is 0.211. The number of hydrogen-bond donors (Lipinski definition) is 2. The maximum atomic E-state index is 9.87. The average molecular weight is 168 g/mol. The van der Waals surface area contributed by atoms with E-state index in [9.17, 15) is 4.79 Å². The molecule has 42 valence electrons. The Morgan fingerprint density at radius 2 is 2.43 bits per heavy atom. The maximum Gasteiger partial charge on any atom is 0.247 e. The number of alkyl halides is 1. The van der Waals surface area contributed by atoms with Crippen molar-refractivity contribution in [2.24, 2.45) is 5.73 Å². The van der Waals surface area contributed by atoms with Gasteiger partial charge >= 0.3 is 0 Å². The summed E-state index contributed by atoms with van der Waals surface area (Å²) in [5, 5.41) is 8.62. The lowest BCUT2D eigenvalue weighted by molar-refractivity contribution is -0.124. The molecule has 3 nitrogen and oxygen atoms in total. The van der Waals surface area contributed by atoms with Crippen LogP contribution in [0.4, 0.5) is 0 Å². The molecule has 0 bridgehead atoms. The van der Waals surface area contributed by atoms with E-state index in [1.807, 2.05) is 0 Å². The highest BCUT2D eigenvalue weighted by molar-refractivity contribution is 9.09. The zero-order chi connectivity index (χ0) is 5.86. The van der Waals surface area contributed by atoms with E-state index in [1.165, 1.54) is 0 Å². The Balaban J connectivity index is 3.34. The van der Waals surface area contributed by atoms with Crippen LogP contribution in [0.3, 0.4) is 0 Å². The zero-order valence-electron chi connectivity index (χ0n) is 3.60. The van der Waals surface area contributed by atoms with Crippen LogP contribution in [0.25, 0.3) is 0 Å². The Bertz CT molecular complexity index is 75.3. The fourth-order valence-corrected chi connectivity index (χ4v) is 0.395. The lowest BCUT2D eigenvalue weighted by atomic mass is 10.4. The highest BCUT2D eigenvalue weighted by atomic mass is 79.9. The normalized spacial score (nSPS) is 13.4. The number of aliphatic hydroxyl groups is 1. The van der Waals surface area contributed by atoms with E-state index in [1.54, 1.807) is 0 Å². The van der Waals surface area contributed by atoms with Gasteiger partial charge in [0.25, 0.3) is 0 Å². The van der Waals surface area contributed by atoms with Crippen molar-refractivity contribution in [1.82, 2.24) is 0 Å². The average Bonchev–Trinajstić information content (AvgIpc) is 1.65. The topological polar surface area (TPSA) is 63.3 Å². The third-order valence-electron chi connectivity index (χ3n) is 0.475. The van der Waals surface area contributed by atoms with E-state index in [4.69, 9.17) is 5.11 Å². The molecule has 4 heteroatoms. The van der Waals surface area contributed by atoms with Gasteiger partial charge in [-0.2, -0.15) is 0 Å². The molecule has 7 heavy (non-hydrogen) atoms. The van der Waals surface area contributed by atoms with Crippen molar-refractivity contribution in [3.63, 3.8) is 0 Å². The van der Waals surface area contributed by atoms with Crippen LogP contribution in [-0.2, 0) is 4.79 Å². The first kappa shape index (κ1) is 6.91. The molecule has 0 aromatic carbocycles. The molecule has 0 aliphatic carbocycles. The zero-order valence-corrected chi connectivity index (χ0v) is 5.18. The Morgan fingerprint density at radius 3 is 2.43 bits per heavy atom. The molecule has 0 rings (SSSR count). The summed E-state index contributed by atoms with van der Waals surface area (Å²) in [5.41, 5.74) is 4.63. The fourth-order valence-electron chi connectivity index (χ4n) is 0.0760. The summed E-state index contributed by atoms with van der Waals surface area (Å²) >= 11 is 2.86. The van der Waals surface area contributed by atoms with Crippen molar-refractivity contribution in [2.45, 2.75) is 6.10 Å². The predicted molar refractivity (Wildman–Crippen MR) is 29.0 cm³/mol. The first-order valence-electron chi connectivity index (χ1n) is 1.72. The monoisotopic (exact) mass is 167 g/mol. The largest absolute Gasteiger partial charge is 0.382 e. The maximum absolute atomic E-state index is 9.87. The van der Waals surface area contributed by atoms with E-state index >= 15 is 0 Å². The molecular formula is C3H6BrNO2. The molecule has 0 heterocycles. The first-order valence-corrected chi connectivity index (χ1v) is 2.84. The molecule has 0 aliphatic rings. The summed E-state index contributed by atoms with van der Waals surface area (Å²) in [6.07, 6.45) is -1.04. The summed E-state index contributed by atoms with van der Waals surface area (Å²) in [7, 11) is 0. The number of rotatable bonds is 2.